The highest BCUT2D eigenvalue weighted by atomic mass is 16.2. The molecule has 4 heteroatoms. The van der Waals surface area contributed by atoms with Crippen LogP contribution in [0.4, 0.5) is 0 Å². The standard InChI is InChI=1S/C14H21N3O/c1-11(2)12-5-4-6-13(15-12)14(18)17-9-7-16(3)8-10-17/h4-6,11H,7-10H2,1-3H3. The molecule has 0 atom stereocenters. The molecule has 1 aliphatic heterocycles. The lowest BCUT2D eigenvalue weighted by Gasteiger charge is -2.32. The first-order valence-corrected chi connectivity index (χ1v) is 6.52. The third-order valence-corrected chi connectivity index (χ3v) is 3.37. The maximum absolute atomic E-state index is 12.3. The first-order valence-electron chi connectivity index (χ1n) is 6.52. The average molecular weight is 247 g/mol. The van der Waals surface area contributed by atoms with Gasteiger partial charge in [0, 0.05) is 31.9 Å². The van der Waals surface area contributed by atoms with E-state index in [0.717, 1.165) is 31.9 Å². The number of nitrogens with zero attached hydrogens (tertiary/aromatic N) is 3. The molecule has 0 N–H and O–H groups in total. The number of piperazine rings is 1. The van der Waals surface area contributed by atoms with Crippen molar-refractivity contribution in [1.29, 1.82) is 0 Å². The van der Waals surface area contributed by atoms with E-state index in [1.54, 1.807) is 0 Å². The summed E-state index contributed by atoms with van der Waals surface area (Å²) >= 11 is 0. The Morgan fingerprint density at radius 3 is 2.50 bits per heavy atom. The van der Waals surface area contributed by atoms with E-state index in [1.807, 2.05) is 23.1 Å². The summed E-state index contributed by atoms with van der Waals surface area (Å²) in [5.41, 5.74) is 1.56. The number of rotatable bonds is 2. The second-order valence-electron chi connectivity index (χ2n) is 5.20. The average Bonchev–Trinajstić information content (AvgIpc) is 2.39. The molecule has 2 rings (SSSR count). The molecule has 0 aromatic carbocycles. The minimum Gasteiger partial charge on any atom is -0.335 e. The van der Waals surface area contributed by atoms with Crippen LogP contribution in [-0.2, 0) is 0 Å². The highest BCUT2D eigenvalue weighted by molar-refractivity contribution is 5.92. The van der Waals surface area contributed by atoms with Gasteiger partial charge >= 0.3 is 0 Å². The predicted octanol–water partition coefficient (Wildman–Crippen LogP) is 1.59. The van der Waals surface area contributed by atoms with Gasteiger partial charge in [-0.05, 0) is 25.1 Å². The van der Waals surface area contributed by atoms with Gasteiger partial charge in [0.15, 0.2) is 0 Å². The van der Waals surface area contributed by atoms with Gasteiger partial charge in [-0.25, -0.2) is 4.98 Å². The van der Waals surface area contributed by atoms with Crippen LogP contribution in [0.2, 0.25) is 0 Å². The van der Waals surface area contributed by atoms with Crippen LogP contribution in [0.25, 0.3) is 0 Å². The number of carbonyl (C=O) groups excluding carboxylic acids is 1. The molecule has 1 aromatic rings. The van der Waals surface area contributed by atoms with Gasteiger partial charge in [-0.1, -0.05) is 19.9 Å². The quantitative estimate of drug-likeness (QED) is 0.796. The molecule has 0 bridgehead atoms. The first-order chi connectivity index (χ1) is 8.58. The molecule has 1 amide bonds. The van der Waals surface area contributed by atoms with E-state index in [2.05, 4.69) is 30.8 Å². The van der Waals surface area contributed by atoms with Crippen LogP contribution < -0.4 is 0 Å². The predicted molar refractivity (Wildman–Crippen MR) is 71.7 cm³/mol. The van der Waals surface area contributed by atoms with Crippen molar-refractivity contribution in [3.63, 3.8) is 0 Å². The largest absolute Gasteiger partial charge is 0.335 e. The normalized spacial score (nSPS) is 17.2. The van der Waals surface area contributed by atoms with Crippen LogP contribution in [0.1, 0.15) is 35.9 Å². The second kappa shape index (κ2) is 5.48. The number of pyridine rings is 1. The number of hydrogen-bond acceptors (Lipinski definition) is 3. The lowest BCUT2D eigenvalue weighted by atomic mass is 10.1. The van der Waals surface area contributed by atoms with Gasteiger partial charge in [0.1, 0.15) is 5.69 Å². The zero-order valence-electron chi connectivity index (χ0n) is 11.4. The summed E-state index contributed by atoms with van der Waals surface area (Å²) in [4.78, 5) is 20.9. The van der Waals surface area contributed by atoms with Crippen molar-refractivity contribution >= 4 is 5.91 Å². The van der Waals surface area contributed by atoms with Crippen molar-refractivity contribution in [2.24, 2.45) is 0 Å². The smallest absolute Gasteiger partial charge is 0.272 e. The van der Waals surface area contributed by atoms with Crippen molar-refractivity contribution in [2.45, 2.75) is 19.8 Å². The molecular weight excluding hydrogens is 226 g/mol. The Morgan fingerprint density at radius 1 is 1.22 bits per heavy atom. The summed E-state index contributed by atoms with van der Waals surface area (Å²) in [6.45, 7) is 7.65. The zero-order valence-corrected chi connectivity index (χ0v) is 11.4. The minimum absolute atomic E-state index is 0.0607. The number of carbonyl (C=O) groups is 1. The Morgan fingerprint density at radius 2 is 1.89 bits per heavy atom. The van der Waals surface area contributed by atoms with Crippen molar-refractivity contribution in [1.82, 2.24) is 14.8 Å². The third-order valence-electron chi connectivity index (χ3n) is 3.37. The lowest BCUT2D eigenvalue weighted by Crippen LogP contribution is -2.47. The molecule has 4 nitrogen and oxygen atoms in total. The van der Waals surface area contributed by atoms with E-state index in [4.69, 9.17) is 0 Å². The molecule has 1 aliphatic rings. The molecule has 98 valence electrons. The molecule has 2 heterocycles. The third kappa shape index (κ3) is 2.88. The van der Waals surface area contributed by atoms with Gasteiger partial charge in [-0.3, -0.25) is 4.79 Å². The summed E-state index contributed by atoms with van der Waals surface area (Å²) in [5.74, 6) is 0.413. The monoisotopic (exact) mass is 247 g/mol. The molecule has 18 heavy (non-hydrogen) atoms. The van der Waals surface area contributed by atoms with Crippen LogP contribution in [0.5, 0.6) is 0 Å². The topological polar surface area (TPSA) is 36.4 Å². The summed E-state index contributed by atoms with van der Waals surface area (Å²) in [5, 5.41) is 0. The van der Waals surface area contributed by atoms with Crippen LogP contribution in [-0.4, -0.2) is 53.9 Å². The fourth-order valence-corrected chi connectivity index (χ4v) is 2.06. The van der Waals surface area contributed by atoms with Crippen molar-refractivity contribution in [2.75, 3.05) is 33.2 Å². The van der Waals surface area contributed by atoms with E-state index in [0.29, 0.717) is 11.6 Å². The Labute approximate surface area is 109 Å². The van der Waals surface area contributed by atoms with Gasteiger partial charge in [0.2, 0.25) is 0 Å². The van der Waals surface area contributed by atoms with Gasteiger partial charge in [0.05, 0.1) is 0 Å². The van der Waals surface area contributed by atoms with Crippen LogP contribution in [0.15, 0.2) is 18.2 Å². The molecular formula is C14H21N3O. The van der Waals surface area contributed by atoms with Crippen molar-refractivity contribution in [3.8, 4) is 0 Å². The number of amides is 1. The van der Waals surface area contributed by atoms with Crippen LogP contribution in [0, 0.1) is 0 Å². The number of aromatic nitrogens is 1. The number of hydrogen-bond donors (Lipinski definition) is 0. The molecule has 0 spiro atoms. The summed E-state index contributed by atoms with van der Waals surface area (Å²) in [7, 11) is 2.08. The first kappa shape index (κ1) is 13.0. The molecule has 1 fully saturated rings. The summed E-state index contributed by atoms with van der Waals surface area (Å²) in [6.07, 6.45) is 0. The van der Waals surface area contributed by atoms with Gasteiger partial charge in [-0.15, -0.1) is 0 Å². The fraction of sp³-hybridized carbons (Fsp3) is 0.571. The molecule has 1 aromatic heterocycles. The Balaban J connectivity index is 2.11. The number of likely N-dealkylation sites (N-methyl/N-ethyl adjacent to an activating group) is 1. The molecule has 0 saturated carbocycles. The maximum atomic E-state index is 12.3. The Hall–Kier alpha value is -1.42. The van der Waals surface area contributed by atoms with Crippen molar-refractivity contribution < 1.29 is 4.79 Å². The summed E-state index contributed by atoms with van der Waals surface area (Å²) in [6, 6.07) is 5.71. The van der Waals surface area contributed by atoms with E-state index < -0.39 is 0 Å². The van der Waals surface area contributed by atoms with Crippen LogP contribution >= 0.6 is 0 Å². The highest BCUT2D eigenvalue weighted by Crippen LogP contribution is 2.13. The molecule has 0 aliphatic carbocycles. The van der Waals surface area contributed by atoms with Gasteiger partial charge < -0.3 is 9.80 Å². The molecule has 1 saturated heterocycles. The second-order valence-corrected chi connectivity index (χ2v) is 5.20. The Bertz CT molecular complexity index is 423. The van der Waals surface area contributed by atoms with E-state index in [-0.39, 0.29) is 5.91 Å². The molecule has 0 unspecified atom stereocenters. The SMILES string of the molecule is CC(C)c1cccc(C(=O)N2CCN(C)CC2)n1. The van der Waals surface area contributed by atoms with Crippen molar-refractivity contribution in [3.05, 3.63) is 29.6 Å². The highest BCUT2D eigenvalue weighted by Gasteiger charge is 2.21. The molecule has 0 radical (unpaired) electrons. The Kier molecular flexibility index (Phi) is 3.97. The minimum atomic E-state index is 0.0607. The fourth-order valence-electron chi connectivity index (χ4n) is 2.06. The lowest BCUT2D eigenvalue weighted by molar-refractivity contribution is 0.0658. The van der Waals surface area contributed by atoms with Gasteiger partial charge in [-0.2, -0.15) is 0 Å². The van der Waals surface area contributed by atoms with E-state index >= 15 is 0 Å². The van der Waals surface area contributed by atoms with E-state index in [1.165, 1.54) is 0 Å². The van der Waals surface area contributed by atoms with E-state index in [9.17, 15) is 4.79 Å². The zero-order chi connectivity index (χ0) is 13.1. The maximum Gasteiger partial charge on any atom is 0.272 e. The van der Waals surface area contributed by atoms with Crippen LogP contribution in [0.3, 0.4) is 0 Å². The van der Waals surface area contributed by atoms with Gasteiger partial charge in [0.25, 0.3) is 5.91 Å². The summed E-state index contributed by atoms with van der Waals surface area (Å²) < 4.78 is 0.